The maximum Gasteiger partial charge on any atom is 0.328 e. The molecule has 14 heteroatoms. The van der Waals surface area contributed by atoms with E-state index in [9.17, 15) is 29.1 Å². The van der Waals surface area contributed by atoms with Crippen LogP contribution in [0.15, 0.2) is 30.3 Å². The van der Waals surface area contributed by atoms with Crippen molar-refractivity contribution in [3.05, 3.63) is 35.9 Å². The highest BCUT2D eigenvalue weighted by atomic mass is 16.5. The van der Waals surface area contributed by atoms with E-state index in [0.717, 1.165) is 5.56 Å². The van der Waals surface area contributed by atoms with E-state index in [1.54, 1.807) is 37.9 Å². The lowest BCUT2D eigenvalue weighted by molar-refractivity contribution is -0.149. The lowest BCUT2D eigenvalue weighted by atomic mass is 9.89. The van der Waals surface area contributed by atoms with E-state index in [-0.39, 0.29) is 36.5 Å². The van der Waals surface area contributed by atoms with Crippen LogP contribution < -0.4 is 10.6 Å². The van der Waals surface area contributed by atoms with Crippen LogP contribution in [-0.2, 0) is 44.6 Å². The Labute approximate surface area is 322 Å². The van der Waals surface area contributed by atoms with Gasteiger partial charge in [0.05, 0.1) is 55.9 Å². The number of likely N-dealkylation sites (N-methyl/N-ethyl adjacent to an activating group) is 2. The Morgan fingerprint density at radius 3 is 2.06 bits per heavy atom. The second kappa shape index (κ2) is 22.1. The van der Waals surface area contributed by atoms with Crippen molar-refractivity contribution in [3.63, 3.8) is 0 Å². The second-order valence-corrected chi connectivity index (χ2v) is 15.2. The summed E-state index contributed by atoms with van der Waals surface area (Å²) in [5, 5.41) is 16.3. The van der Waals surface area contributed by atoms with Gasteiger partial charge in [-0.1, -0.05) is 71.4 Å². The summed E-state index contributed by atoms with van der Waals surface area (Å²) >= 11 is 0. The van der Waals surface area contributed by atoms with Crippen molar-refractivity contribution in [2.75, 3.05) is 49.0 Å². The Hall–Kier alpha value is -3.59. The quantitative estimate of drug-likeness (QED) is 0.158. The number of nitrogens with one attached hydrogen (secondary N) is 2. The standard InChI is InChI=1S/C40H67N5O9/c1-13-25(4)35(44(9)39(50)33(27(6)46)42-38(49)34(24(2)3)43(7)8)31(52-10)23-32(47)45-21-17-20-30(45)36(53-11)26(5)37(48)41-29(40(51)54-12)22-28-18-15-14-16-19-28/h14-16,18-19,24-27,29-31,33-36,46H,13,17,20-23H2,1-12H3,(H,41,48)(H,42,49)/t25-,26+,27+,29-,30-,31+,33-,34-,35-,36+/m0/s1. The van der Waals surface area contributed by atoms with Crippen molar-refractivity contribution in [2.45, 2.75) is 122 Å². The molecule has 10 atom stereocenters. The summed E-state index contributed by atoms with van der Waals surface area (Å²) in [5.41, 5.74) is 0.864. The van der Waals surface area contributed by atoms with Crippen LogP contribution in [0.1, 0.15) is 72.8 Å². The lowest BCUT2D eigenvalue weighted by Gasteiger charge is -2.41. The molecular formula is C40H67N5O9. The zero-order valence-corrected chi connectivity index (χ0v) is 34.5. The summed E-state index contributed by atoms with van der Waals surface area (Å²) in [4.78, 5) is 72.8. The first kappa shape index (κ1) is 46.6. The van der Waals surface area contributed by atoms with Crippen molar-refractivity contribution in [1.82, 2.24) is 25.3 Å². The molecule has 0 spiro atoms. The van der Waals surface area contributed by atoms with Gasteiger partial charge in [0.1, 0.15) is 12.1 Å². The number of amides is 4. The third-order valence-electron chi connectivity index (χ3n) is 10.8. The molecule has 4 amide bonds. The molecule has 0 aliphatic carbocycles. The highest BCUT2D eigenvalue weighted by Gasteiger charge is 2.43. The molecule has 14 nitrogen and oxygen atoms in total. The molecule has 0 radical (unpaired) electrons. The van der Waals surface area contributed by atoms with E-state index in [1.165, 1.54) is 33.2 Å². The zero-order valence-electron chi connectivity index (χ0n) is 34.5. The number of methoxy groups -OCH3 is 3. The predicted molar refractivity (Wildman–Crippen MR) is 206 cm³/mol. The minimum Gasteiger partial charge on any atom is -0.467 e. The number of aliphatic hydroxyl groups is 1. The van der Waals surface area contributed by atoms with E-state index in [1.807, 2.05) is 58.0 Å². The number of esters is 1. The van der Waals surface area contributed by atoms with Gasteiger partial charge in [0.25, 0.3) is 0 Å². The molecule has 1 aromatic carbocycles. The van der Waals surface area contributed by atoms with E-state index in [0.29, 0.717) is 25.8 Å². The molecule has 306 valence electrons. The molecule has 0 bridgehead atoms. The van der Waals surface area contributed by atoms with Gasteiger partial charge in [-0.2, -0.15) is 0 Å². The Balaban J connectivity index is 2.29. The largest absolute Gasteiger partial charge is 0.467 e. The summed E-state index contributed by atoms with van der Waals surface area (Å²) in [6.45, 7) is 11.4. The number of carbonyl (C=O) groups is 5. The smallest absolute Gasteiger partial charge is 0.328 e. The molecule has 0 unspecified atom stereocenters. The summed E-state index contributed by atoms with van der Waals surface area (Å²) in [6.07, 6.45) is -0.405. The maximum absolute atomic E-state index is 14.2. The van der Waals surface area contributed by atoms with Crippen molar-refractivity contribution < 1.29 is 43.3 Å². The Kier molecular flexibility index (Phi) is 19.0. The van der Waals surface area contributed by atoms with Crippen LogP contribution in [0.5, 0.6) is 0 Å². The zero-order chi connectivity index (χ0) is 40.9. The van der Waals surface area contributed by atoms with Crippen LogP contribution in [0.3, 0.4) is 0 Å². The van der Waals surface area contributed by atoms with Gasteiger partial charge in [0.2, 0.25) is 23.6 Å². The van der Waals surface area contributed by atoms with Gasteiger partial charge in [-0.05, 0) is 51.3 Å². The number of rotatable bonds is 21. The molecule has 1 heterocycles. The molecule has 0 aromatic heterocycles. The predicted octanol–water partition coefficient (Wildman–Crippen LogP) is 2.26. The molecule has 2 rings (SSSR count). The van der Waals surface area contributed by atoms with E-state index >= 15 is 0 Å². The molecule has 1 fully saturated rings. The van der Waals surface area contributed by atoms with E-state index in [4.69, 9.17) is 14.2 Å². The van der Waals surface area contributed by atoms with Gasteiger partial charge in [0, 0.05) is 34.2 Å². The average molecular weight is 762 g/mol. The number of carbonyl (C=O) groups excluding carboxylic acids is 5. The normalized spacial score (nSPS) is 19.5. The van der Waals surface area contributed by atoms with Gasteiger partial charge in [0.15, 0.2) is 0 Å². The number of ether oxygens (including phenoxy) is 3. The Morgan fingerprint density at radius 2 is 1.56 bits per heavy atom. The van der Waals surface area contributed by atoms with Crippen LogP contribution in [0.4, 0.5) is 0 Å². The molecule has 54 heavy (non-hydrogen) atoms. The van der Waals surface area contributed by atoms with Crippen molar-refractivity contribution in [1.29, 1.82) is 0 Å². The summed E-state index contributed by atoms with van der Waals surface area (Å²) < 4.78 is 16.8. The molecule has 1 aliphatic rings. The summed E-state index contributed by atoms with van der Waals surface area (Å²) in [6, 6.07) is 5.70. The van der Waals surface area contributed by atoms with Crippen molar-refractivity contribution in [2.24, 2.45) is 17.8 Å². The number of nitrogens with zero attached hydrogens (tertiary/aromatic N) is 3. The van der Waals surface area contributed by atoms with Gasteiger partial charge >= 0.3 is 5.97 Å². The fourth-order valence-corrected chi connectivity index (χ4v) is 7.77. The van der Waals surface area contributed by atoms with Crippen LogP contribution >= 0.6 is 0 Å². The molecule has 1 aromatic rings. The van der Waals surface area contributed by atoms with Crippen molar-refractivity contribution >= 4 is 29.6 Å². The number of aliphatic hydroxyl groups excluding tert-OH is 1. The fourth-order valence-electron chi connectivity index (χ4n) is 7.77. The Bertz CT molecular complexity index is 1350. The van der Waals surface area contributed by atoms with Crippen molar-refractivity contribution in [3.8, 4) is 0 Å². The number of likely N-dealkylation sites (tertiary alicyclic amines) is 1. The molecule has 1 aliphatic heterocycles. The monoisotopic (exact) mass is 761 g/mol. The number of benzene rings is 1. The van der Waals surface area contributed by atoms with Gasteiger partial charge in [-0.15, -0.1) is 0 Å². The Morgan fingerprint density at radius 1 is 0.926 bits per heavy atom. The molecular weight excluding hydrogens is 694 g/mol. The SMILES string of the molecule is CC[C@H](C)[C@@H]([C@@H](CC(=O)N1CCC[C@H]1[C@H](OC)[C@@H](C)C(=O)N[C@@H](Cc1ccccc1)C(=O)OC)OC)N(C)C(=O)[C@@H](NC(=O)[C@H](C(C)C)N(C)C)[C@@H](C)O. The third kappa shape index (κ3) is 12.2. The minimum atomic E-state index is -1.21. The molecule has 0 saturated carbocycles. The minimum absolute atomic E-state index is 0.0415. The average Bonchev–Trinajstić information content (AvgIpc) is 3.62. The van der Waals surface area contributed by atoms with E-state index < -0.39 is 72.2 Å². The van der Waals surface area contributed by atoms with Crippen LogP contribution in [0, 0.1) is 17.8 Å². The third-order valence-corrected chi connectivity index (χ3v) is 10.8. The first-order valence-corrected chi connectivity index (χ1v) is 19.1. The summed E-state index contributed by atoms with van der Waals surface area (Å²) in [7, 11) is 9.48. The summed E-state index contributed by atoms with van der Waals surface area (Å²) in [5.74, 6) is -2.91. The molecule has 1 saturated heterocycles. The first-order valence-electron chi connectivity index (χ1n) is 19.1. The first-order chi connectivity index (χ1) is 25.4. The second-order valence-electron chi connectivity index (χ2n) is 15.2. The lowest BCUT2D eigenvalue weighted by Crippen LogP contribution is -2.61. The van der Waals surface area contributed by atoms with Gasteiger partial charge in [-0.25, -0.2) is 4.79 Å². The number of hydrogen-bond acceptors (Lipinski definition) is 10. The number of hydrogen-bond donors (Lipinski definition) is 3. The van der Waals surface area contributed by atoms with Gasteiger partial charge in [-0.3, -0.25) is 24.1 Å². The van der Waals surface area contributed by atoms with Crippen LogP contribution in [0.2, 0.25) is 0 Å². The maximum atomic E-state index is 14.2. The topological polar surface area (TPSA) is 167 Å². The van der Waals surface area contributed by atoms with Crippen LogP contribution in [0.25, 0.3) is 0 Å². The fraction of sp³-hybridized carbons (Fsp3) is 0.725. The molecule has 3 N–H and O–H groups in total. The highest BCUT2D eigenvalue weighted by Crippen LogP contribution is 2.29. The van der Waals surface area contributed by atoms with E-state index in [2.05, 4.69) is 10.6 Å². The van der Waals surface area contributed by atoms with Crippen LogP contribution in [-0.4, -0.2) is 147 Å². The highest BCUT2D eigenvalue weighted by molar-refractivity contribution is 5.90. The van der Waals surface area contributed by atoms with Gasteiger partial charge < -0.3 is 39.8 Å².